The molecule has 0 spiro atoms. The minimum Gasteiger partial charge on any atom is -0.366 e. The first-order valence-electron chi connectivity index (χ1n) is 11.4. The molecular formula is C24H29F3N6O. The molecule has 1 aliphatic rings. The third-order valence-corrected chi connectivity index (χ3v) is 5.97. The molecule has 7 nitrogen and oxygen atoms in total. The topological polar surface area (TPSA) is 59.3 Å². The number of hydrogen-bond donors (Lipinski definition) is 0. The highest BCUT2D eigenvalue weighted by Crippen LogP contribution is 2.33. The van der Waals surface area contributed by atoms with Crippen LogP contribution < -0.4 is 4.90 Å². The Morgan fingerprint density at radius 3 is 2.41 bits per heavy atom. The molecule has 1 saturated heterocycles. The van der Waals surface area contributed by atoms with Crippen LogP contribution in [-0.2, 0) is 18.0 Å². The van der Waals surface area contributed by atoms with Crippen LogP contribution in [0.15, 0.2) is 55.1 Å². The number of rotatable bonds is 9. The van der Waals surface area contributed by atoms with Gasteiger partial charge in [-0.3, -0.25) is 4.90 Å². The van der Waals surface area contributed by atoms with Crippen LogP contribution in [-0.4, -0.2) is 63.7 Å². The smallest absolute Gasteiger partial charge is 0.366 e. The average molecular weight is 475 g/mol. The molecule has 0 radical (unpaired) electrons. The van der Waals surface area contributed by atoms with Crippen molar-refractivity contribution in [1.29, 1.82) is 0 Å². The van der Waals surface area contributed by atoms with E-state index >= 15 is 0 Å². The minimum absolute atomic E-state index is 0.436. The highest BCUT2D eigenvalue weighted by molar-refractivity contribution is 5.31. The first kappa shape index (κ1) is 24.2. The molecule has 182 valence electrons. The van der Waals surface area contributed by atoms with Gasteiger partial charge in [0, 0.05) is 64.6 Å². The average Bonchev–Trinajstić information content (AvgIpc) is 3.27. The van der Waals surface area contributed by atoms with Gasteiger partial charge in [-0.1, -0.05) is 12.1 Å². The van der Waals surface area contributed by atoms with Crippen molar-refractivity contribution in [2.24, 2.45) is 7.05 Å². The van der Waals surface area contributed by atoms with Crippen molar-refractivity contribution >= 4 is 5.95 Å². The number of aryl methyl sites for hydroxylation is 1. The predicted molar refractivity (Wildman–Crippen MR) is 122 cm³/mol. The fraction of sp³-hybridized carbons (Fsp3) is 0.458. The summed E-state index contributed by atoms with van der Waals surface area (Å²) < 4.78 is 47.6. The van der Waals surface area contributed by atoms with E-state index < -0.39 is 17.8 Å². The number of piperazine rings is 1. The number of ether oxygens (including phenoxy) is 1. The molecule has 0 amide bonds. The molecule has 1 aromatic carbocycles. The van der Waals surface area contributed by atoms with Crippen LogP contribution in [0.2, 0.25) is 0 Å². The van der Waals surface area contributed by atoms with Crippen molar-refractivity contribution in [2.75, 3.05) is 44.2 Å². The van der Waals surface area contributed by atoms with Crippen LogP contribution in [0.5, 0.6) is 0 Å². The number of aromatic nitrogens is 4. The fourth-order valence-corrected chi connectivity index (χ4v) is 4.09. The van der Waals surface area contributed by atoms with E-state index in [1.54, 1.807) is 35.4 Å². The molecule has 0 aliphatic carbocycles. The van der Waals surface area contributed by atoms with Gasteiger partial charge in [-0.2, -0.15) is 13.2 Å². The molecule has 4 rings (SSSR count). The molecule has 10 heteroatoms. The maximum atomic E-state index is 13.2. The van der Waals surface area contributed by atoms with Gasteiger partial charge in [-0.05, 0) is 43.1 Å². The summed E-state index contributed by atoms with van der Waals surface area (Å²) in [5.41, 5.74) is -0.240. The number of nitrogens with zero attached hydrogens (tertiary/aromatic N) is 6. The van der Waals surface area contributed by atoms with Crippen molar-refractivity contribution in [1.82, 2.24) is 24.4 Å². The van der Waals surface area contributed by atoms with Crippen LogP contribution >= 0.6 is 0 Å². The maximum absolute atomic E-state index is 13.2. The lowest BCUT2D eigenvalue weighted by Gasteiger charge is -2.34. The molecular weight excluding hydrogens is 445 g/mol. The molecule has 0 N–H and O–H groups in total. The molecule has 0 saturated carbocycles. The Morgan fingerprint density at radius 2 is 1.74 bits per heavy atom. The van der Waals surface area contributed by atoms with Crippen LogP contribution in [0.4, 0.5) is 19.1 Å². The van der Waals surface area contributed by atoms with E-state index in [1.165, 1.54) is 6.07 Å². The van der Waals surface area contributed by atoms with Gasteiger partial charge in [0.05, 0.1) is 5.56 Å². The Hall–Kier alpha value is -2.98. The molecule has 1 atom stereocenters. The number of benzene rings is 1. The second-order valence-corrected chi connectivity index (χ2v) is 8.35. The number of hydrogen-bond acceptors (Lipinski definition) is 6. The van der Waals surface area contributed by atoms with E-state index in [4.69, 9.17) is 4.74 Å². The Bertz CT molecular complexity index is 1030. The molecule has 1 aliphatic heterocycles. The second kappa shape index (κ2) is 11.0. The van der Waals surface area contributed by atoms with Crippen LogP contribution in [0, 0.1) is 0 Å². The summed E-state index contributed by atoms with van der Waals surface area (Å²) in [5.74, 6) is 1.35. The number of imidazole rings is 1. The van der Waals surface area contributed by atoms with E-state index in [9.17, 15) is 13.2 Å². The summed E-state index contributed by atoms with van der Waals surface area (Å²) in [6, 6.07) is 7.10. The molecule has 34 heavy (non-hydrogen) atoms. The van der Waals surface area contributed by atoms with Crippen LogP contribution in [0.3, 0.4) is 0 Å². The number of anilines is 1. The van der Waals surface area contributed by atoms with Gasteiger partial charge in [0.2, 0.25) is 5.95 Å². The summed E-state index contributed by atoms with van der Waals surface area (Å²) in [7, 11) is 1.81. The molecule has 0 bridgehead atoms. The van der Waals surface area contributed by atoms with Crippen LogP contribution in [0.1, 0.15) is 35.9 Å². The van der Waals surface area contributed by atoms with E-state index in [2.05, 4.69) is 24.8 Å². The number of halogens is 3. The zero-order valence-corrected chi connectivity index (χ0v) is 19.2. The quantitative estimate of drug-likeness (QED) is 0.438. The summed E-state index contributed by atoms with van der Waals surface area (Å²) in [6.07, 6.45) is 3.59. The first-order chi connectivity index (χ1) is 16.4. The van der Waals surface area contributed by atoms with Crippen molar-refractivity contribution in [3.8, 4) is 0 Å². The monoisotopic (exact) mass is 474 g/mol. The van der Waals surface area contributed by atoms with Gasteiger partial charge >= 0.3 is 6.18 Å². The number of alkyl halides is 3. The summed E-state index contributed by atoms with van der Waals surface area (Å²) >= 11 is 0. The summed E-state index contributed by atoms with van der Waals surface area (Å²) in [5, 5.41) is 0. The zero-order valence-electron chi connectivity index (χ0n) is 19.2. The van der Waals surface area contributed by atoms with E-state index in [-0.39, 0.29) is 0 Å². The highest BCUT2D eigenvalue weighted by atomic mass is 19.4. The summed E-state index contributed by atoms with van der Waals surface area (Å²) in [4.78, 5) is 17.5. The van der Waals surface area contributed by atoms with Crippen molar-refractivity contribution in [3.05, 3.63) is 72.1 Å². The number of unbranched alkanes of at least 4 members (excludes halogenated alkanes) is 1. The molecule has 2 aromatic heterocycles. The van der Waals surface area contributed by atoms with Crippen molar-refractivity contribution in [2.45, 2.75) is 25.1 Å². The Kier molecular flexibility index (Phi) is 7.79. The Morgan fingerprint density at radius 1 is 0.971 bits per heavy atom. The van der Waals surface area contributed by atoms with E-state index in [0.29, 0.717) is 18.0 Å². The zero-order chi connectivity index (χ0) is 24.0. The SMILES string of the molecule is Cn1ccnc1C(OCCCCN1CCN(c2ncccn2)CC1)c1cccc(C(F)(F)F)c1. The van der Waals surface area contributed by atoms with Gasteiger partial charge in [0.25, 0.3) is 0 Å². The summed E-state index contributed by atoms with van der Waals surface area (Å²) in [6.45, 7) is 5.04. The van der Waals surface area contributed by atoms with Gasteiger partial charge < -0.3 is 14.2 Å². The molecule has 1 unspecified atom stereocenters. The third-order valence-electron chi connectivity index (χ3n) is 5.97. The Balaban J connectivity index is 1.28. The molecule has 3 aromatic rings. The molecule has 1 fully saturated rings. The standard InChI is InChI=1S/C24H29F3N6O/c1-31-12-10-28-22(31)21(19-6-4-7-20(18-19)24(25,26)27)34-17-3-2-11-32-13-15-33(16-14-32)23-29-8-5-9-30-23/h4-10,12,18,21H,2-3,11,13-17H2,1H3. The molecule has 3 heterocycles. The van der Waals surface area contributed by atoms with Gasteiger partial charge in [-0.25, -0.2) is 15.0 Å². The third kappa shape index (κ3) is 6.12. The minimum atomic E-state index is -4.40. The van der Waals surface area contributed by atoms with E-state index in [1.807, 2.05) is 13.1 Å². The lowest BCUT2D eigenvalue weighted by Crippen LogP contribution is -2.47. The van der Waals surface area contributed by atoms with Gasteiger partial charge in [0.1, 0.15) is 11.9 Å². The maximum Gasteiger partial charge on any atom is 0.416 e. The fourth-order valence-electron chi connectivity index (χ4n) is 4.09. The van der Waals surface area contributed by atoms with E-state index in [0.717, 1.165) is 63.6 Å². The lowest BCUT2D eigenvalue weighted by molar-refractivity contribution is -0.137. The normalized spacial score (nSPS) is 16.1. The van der Waals surface area contributed by atoms with Gasteiger partial charge in [0.15, 0.2) is 0 Å². The van der Waals surface area contributed by atoms with Crippen molar-refractivity contribution < 1.29 is 17.9 Å². The van der Waals surface area contributed by atoms with Crippen molar-refractivity contribution in [3.63, 3.8) is 0 Å². The second-order valence-electron chi connectivity index (χ2n) is 8.35. The first-order valence-corrected chi connectivity index (χ1v) is 11.4. The van der Waals surface area contributed by atoms with Gasteiger partial charge in [-0.15, -0.1) is 0 Å². The highest BCUT2D eigenvalue weighted by Gasteiger charge is 2.31. The lowest BCUT2D eigenvalue weighted by atomic mass is 10.0. The largest absolute Gasteiger partial charge is 0.416 e. The van der Waals surface area contributed by atoms with Crippen LogP contribution in [0.25, 0.3) is 0 Å². The Labute approximate surface area is 197 Å². The predicted octanol–water partition coefficient (Wildman–Crippen LogP) is 3.94.